The molecule has 2 unspecified atom stereocenters. The number of carbonyl (C=O) groups excluding carboxylic acids is 2. The molecule has 0 aliphatic carbocycles. The molecule has 0 aliphatic rings. The Hall–Kier alpha value is -1.06. The van der Waals surface area contributed by atoms with Crippen LogP contribution in [0.1, 0.15) is 195 Å². The predicted octanol–water partition coefficient (Wildman–Crippen LogP) is 11.0. The van der Waals surface area contributed by atoms with Crippen LogP contribution >= 0.6 is 0 Å². The molecule has 0 saturated heterocycles. The summed E-state index contributed by atoms with van der Waals surface area (Å²) in [5.74, 6) is -0.226. The summed E-state index contributed by atoms with van der Waals surface area (Å²) in [5, 5.41) is 0. The molecule has 0 radical (unpaired) electrons. The summed E-state index contributed by atoms with van der Waals surface area (Å²) in [4.78, 5) is 24.5. The van der Waals surface area contributed by atoms with Crippen LogP contribution in [0.25, 0.3) is 0 Å². The fraction of sp³-hybridized carbons (Fsp3) is 0.941. The normalized spacial score (nSPS) is 12.8. The van der Waals surface area contributed by atoms with E-state index >= 15 is 0 Å². The highest BCUT2D eigenvalue weighted by molar-refractivity contribution is 5.70. The zero-order valence-electron chi connectivity index (χ0n) is 26.2. The average molecular weight is 539 g/mol. The predicted molar refractivity (Wildman–Crippen MR) is 162 cm³/mol. The standard InChI is InChI=1S/C34H66O4/c1-5-9-11-13-15-17-19-21-23-27-31(7-3)37-33(35)29-25-26-30-34(36)38-32(8-4)28-24-22-20-18-16-14-12-10-6-2/h31-32H,5-30H2,1-4H3. The summed E-state index contributed by atoms with van der Waals surface area (Å²) in [6.07, 6.45) is 29.6. The van der Waals surface area contributed by atoms with Gasteiger partial charge in [0.15, 0.2) is 0 Å². The van der Waals surface area contributed by atoms with Gasteiger partial charge in [-0.15, -0.1) is 0 Å². The van der Waals surface area contributed by atoms with E-state index in [0.717, 1.165) is 38.5 Å². The van der Waals surface area contributed by atoms with E-state index in [1.54, 1.807) is 0 Å². The molecule has 0 rings (SSSR count). The van der Waals surface area contributed by atoms with Crippen molar-refractivity contribution < 1.29 is 19.1 Å². The Kier molecular flexibility index (Phi) is 28.1. The van der Waals surface area contributed by atoms with Crippen molar-refractivity contribution in [3.63, 3.8) is 0 Å². The largest absolute Gasteiger partial charge is 0.462 e. The second kappa shape index (κ2) is 28.9. The Balaban J connectivity index is 3.76. The Morgan fingerprint density at radius 1 is 0.421 bits per heavy atom. The lowest BCUT2D eigenvalue weighted by Crippen LogP contribution is -2.18. The summed E-state index contributed by atoms with van der Waals surface area (Å²) in [6, 6.07) is 0. The van der Waals surface area contributed by atoms with Crippen LogP contribution in [0.4, 0.5) is 0 Å². The number of ether oxygens (including phenoxy) is 2. The van der Waals surface area contributed by atoms with Gasteiger partial charge >= 0.3 is 11.9 Å². The van der Waals surface area contributed by atoms with Crippen LogP contribution in [0.15, 0.2) is 0 Å². The summed E-state index contributed by atoms with van der Waals surface area (Å²) in [6.45, 7) is 8.71. The topological polar surface area (TPSA) is 52.6 Å². The van der Waals surface area contributed by atoms with E-state index in [0.29, 0.717) is 25.7 Å². The van der Waals surface area contributed by atoms with Gasteiger partial charge in [0.25, 0.3) is 0 Å². The van der Waals surface area contributed by atoms with E-state index in [1.165, 1.54) is 103 Å². The second-order valence-corrected chi connectivity index (χ2v) is 11.5. The highest BCUT2D eigenvalue weighted by atomic mass is 16.5. The maximum atomic E-state index is 12.3. The highest BCUT2D eigenvalue weighted by Gasteiger charge is 2.14. The van der Waals surface area contributed by atoms with Crippen LogP contribution in [0.2, 0.25) is 0 Å². The van der Waals surface area contributed by atoms with Gasteiger partial charge in [-0.05, 0) is 51.4 Å². The van der Waals surface area contributed by atoms with Crippen molar-refractivity contribution in [1.82, 2.24) is 0 Å². The molecule has 226 valence electrons. The Morgan fingerprint density at radius 2 is 0.711 bits per heavy atom. The molecule has 4 heteroatoms. The number of hydrogen-bond acceptors (Lipinski definition) is 4. The lowest BCUT2D eigenvalue weighted by molar-refractivity contribution is -0.152. The fourth-order valence-electron chi connectivity index (χ4n) is 5.09. The van der Waals surface area contributed by atoms with Crippen molar-refractivity contribution in [3.05, 3.63) is 0 Å². The minimum absolute atomic E-state index is 0.0448. The first kappa shape index (κ1) is 36.9. The van der Waals surface area contributed by atoms with Gasteiger partial charge < -0.3 is 9.47 Å². The van der Waals surface area contributed by atoms with Gasteiger partial charge in [-0.25, -0.2) is 0 Å². The number of unbranched alkanes of at least 4 members (excludes halogenated alkanes) is 17. The lowest BCUT2D eigenvalue weighted by atomic mass is 10.0. The van der Waals surface area contributed by atoms with Crippen molar-refractivity contribution in [2.75, 3.05) is 0 Å². The molecule has 0 heterocycles. The molecule has 0 bridgehead atoms. The monoisotopic (exact) mass is 538 g/mol. The Labute approximate surface area is 237 Å². The molecule has 38 heavy (non-hydrogen) atoms. The molecular weight excluding hydrogens is 472 g/mol. The molecule has 0 aromatic rings. The van der Waals surface area contributed by atoms with Crippen LogP contribution in [-0.4, -0.2) is 24.1 Å². The molecule has 4 nitrogen and oxygen atoms in total. The van der Waals surface area contributed by atoms with Gasteiger partial charge in [0.05, 0.1) is 0 Å². The third-order valence-corrected chi connectivity index (χ3v) is 7.78. The first-order valence-electron chi connectivity index (χ1n) is 17.0. The summed E-state index contributed by atoms with van der Waals surface area (Å²) < 4.78 is 11.4. The van der Waals surface area contributed by atoms with Crippen LogP contribution < -0.4 is 0 Å². The first-order chi connectivity index (χ1) is 18.6. The van der Waals surface area contributed by atoms with Gasteiger partial charge in [0.2, 0.25) is 0 Å². The van der Waals surface area contributed by atoms with Gasteiger partial charge in [-0.3, -0.25) is 9.59 Å². The molecule has 0 aromatic carbocycles. The van der Waals surface area contributed by atoms with Crippen molar-refractivity contribution in [3.8, 4) is 0 Å². The zero-order valence-corrected chi connectivity index (χ0v) is 26.2. The minimum atomic E-state index is -0.113. The Morgan fingerprint density at radius 3 is 1.00 bits per heavy atom. The maximum Gasteiger partial charge on any atom is 0.306 e. The van der Waals surface area contributed by atoms with Crippen molar-refractivity contribution in [2.45, 2.75) is 207 Å². The van der Waals surface area contributed by atoms with E-state index in [1.807, 2.05) is 0 Å². The molecule has 0 N–H and O–H groups in total. The van der Waals surface area contributed by atoms with Crippen LogP contribution in [0, 0.1) is 0 Å². The molecule has 2 atom stereocenters. The number of hydrogen-bond donors (Lipinski definition) is 0. The molecule has 0 saturated carbocycles. The van der Waals surface area contributed by atoms with Crippen LogP contribution in [0.3, 0.4) is 0 Å². The summed E-state index contributed by atoms with van der Waals surface area (Å²) in [5.41, 5.74) is 0. The third kappa shape index (κ3) is 25.2. The van der Waals surface area contributed by atoms with E-state index in [9.17, 15) is 9.59 Å². The van der Waals surface area contributed by atoms with Gasteiger partial charge in [0, 0.05) is 12.8 Å². The average Bonchev–Trinajstić information content (AvgIpc) is 2.92. The van der Waals surface area contributed by atoms with Gasteiger partial charge in [0.1, 0.15) is 12.2 Å². The summed E-state index contributed by atoms with van der Waals surface area (Å²) >= 11 is 0. The van der Waals surface area contributed by atoms with Gasteiger partial charge in [-0.2, -0.15) is 0 Å². The molecule has 0 amide bonds. The van der Waals surface area contributed by atoms with Crippen molar-refractivity contribution >= 4 is 11.9 Å². The maximum absolute atomic E-state index is 12.3. The van der Waals surface area contributed by atoms with Crippen LogP contribution in [0.5, 0.6) is 0 Å². The van der Waals surface area contributed by atoms with Crippen LogP contribution in [-0.2, 0) is 19.1 Å². The van der Waals surface area contributed by atoms with E-state index in [4.69, 9.17) is 9.47 Å². The summed E-state index contributed by atoms with van der Waals surface area (Å²) in [7, 11) is 0. The van der Waals surface area contributed by atoms with E-state index in [-0.39, 0.29) is 24.1 Å². The number of esters is 2. The minimum Gasteiger partial charge on any atom is -0.462 e. The number of rotatable bonds is 29. The smallest absolute Gasteiger partial charge is 0.306 e. The quantitative estimate of drug-likeness (QED) is 0.0702. The third-order valence-electron chi connectivity index (χ3n) is 7.78. The molecule has 0 spiro atoms. The second-order valence-electron chi connectivity index (χ2n) is 11.5. The SMILES string of the molecule is CCCCCCCCCCCC(CC)OC(=O)CCCCC(=O)OC(CC)CCCCCCCCCCC. The molecule has 0 fully saturated rings. The molecule has 0 aliphatic heterocycles. The molecular formula is C34H66O4. The first-order valence-corrected chi connectivity index (χ1v) is 17.0. The fourth-order valence-corrected chi connectivity index (χ4v) is 5.09. The number of carbonyl (C=O) groups is 2. The van der Waals surface area contributed by atoms with Gasteiger partial charge in [-0.1, -0.05) is 130 Å². The highest BCUT2D eigenvalue weighted by Crippen LogP contribution is 2.17. The zero-order chi connectivity index (χ0) is 28.1. The van der Waals surface area contributed by atoms with E-state index < -0.39 is 0 Å². The van der Waals surface area contributed by atoms with Crippen molar-refractivity contribution in [2.24, 2.45) is 0 Å². The molecule has 0 aromatic heterocycles. The van der Waals surface area contributed by atoms with E-state index in [2.05, 4.69) is 27.7 Å². The Bertz CT molecular complexity index is 473. The van der Waals surface area contributed by atoms with Crippen molar-refractivity contribution in [1.29, 1.82) is 0 Å². The lowest BCUT2D eigenvalue weighted by Gasteiger charge is -2.17.